The van der Waals surface area contributed by atoms with Gasteiger partial charge in [0.1, 0.15) is 6.29 Å². The Balaban J connectivity index is 1.60. The highest BCUT2D eigenvalue weighted by atomic mass is 28.2. The van der Waals surface area contributed by atoms with Crippen LogP contribution >= 0.6 is 0 Å². The normalized spacial score (nSPS) is 44.9. The van der Waals surface area contributed by atoms with Crippen LogP contribution < -0.4 is 5.32 Å². The molecule has 1 heterocycles. The smallest absolute Gasteiger partial charge is 0.243 e. The summed E-state index contributed by atoms with van der Waals surface area (Å²) in [4.78, 5) is 12.0. The number of hydrogen-bond acceptors (Lipinski definition) is 3. The van der Waals surface area contributed by atoms with Crippen molar-refractivity contribution in [2.24, 2.45) is 39.9 Å². The van der Waals surface area contributed by atoms with Gasteiger partial charge >= 0.3 is 0 Å². The van der Waals surface area contributed by atoms with Crippen molar-refractivity contribution in [1.82, 2.24) is 5.32 Å². The van der Waals surface area contributed by atoms with E-state index >= 15 is 0 Å². The quantitative estimate of drug-likeness (QED) is 0.498. The molecule has 2 unspecified atom stereocenters. The molecule has 0 saturated heterocycles. The van der Waals surface area contributed by atoms with Gasteiger partial charge in [0.25, 0.3) is 0 Å². The fourth-order valence-corrected chi connectivity index (χ4v) is 10.3. The monoisotopic (exact) mass is 449 g/mol. The number of nitrogens with one attached hydrogen (secondary N) is 1. The molecule has 1 aliphatic heterocycles. The summed E-state index contributed by atoms with van der Waals surface area (Å²) >= 11 is 0. The maximum atomic E-state index is 12.0. The Bertz CT molecular complexity index is 692. The fraction of sp³-hybridized carbons (Fsp3) is 0.875. The van der Waals surface area contributed by atoms with E-state index in [0.29, 0.717) is 23.3 Å². The van der Waals surface area contributed by atoms with Gasteiger partial charge in [-0.25, -0.2) is 0 Å². The second-order valence-electron chi connectivity index (χ2n) is 11.5. The van der Waals surface area contributed by atoms with Crippen LogP contribution in [0, 0.1) is 39.9 Å². The van der Waals surface area contributed by atoms with Crippen molar-refractivity contribution in [2.45, 2.75) is 91.6 Å². The first kappa shape index (κ1) is 22.7. The van der Waals surface area contributed by atoms with E-state index < -0.39 is 19.5 Å². The van der Waals surface area contributed by atoms with E-state index in [1.807, 2.05) is 0 Å². The first-order valence-corrected chi connectivity index (χ1v) is 16.4. The van der Waals surface area contributed by atoms with Crippen molar-refractivity contribution in [3.8, 4) is 0 Å². The van der Waals surface area contributed by atoms with Gasteiger partial charge in [0.15, 0.2) is 19.5 Å². The predicted molar refractivity (Wildman–Crippen MR) is 128 cm³/mol. The highest BCUT2D eigenvalue weighted by Gasteiger charge is 2.62. The third kappa shape index (κ3) is 3.41. The SMILES string of the molecule is C[SiH2]OC(O[SiH2]C)C(C)(C)C1CC[C@H]2[C@@H]3CCC4NC(=O)C=C[C@]4(C)[C@@H]3CC[C@]12C. The minimum absolute atomic E-state index is 0.00567. The molecule has 0 aromatic heterocycles. The van der Waals surface area contributed by atoms with E-state index in [9.17, 15) is 4.79 Å². The molecule has 0 aromatic carbocycles. The van der Waals surface area contributed by atoms with Crippen LogP contribution in [-0.4, -0.2) is 37.8 Å². The second-order valence-corrected chi connectivity index (χ2v) is 13.3. The lowest BCUT2D eigenvalue weighted by atomic mass is 9.46. The second kappa shape index (κ2) is 8.16. The molecule has 170 valence electrons. The Hall–Kier alpha value is -0.436. The zero-order valence-corrected chi connectivity index (χ0v) is 22.8. The Labute approximate surface area is 188 Å². The molecule has 1 amide bonds. The number of carbonyl (C=O) groups is 1. The molecule has 3 fully saturated rings. The van der Waals surface area contributed by atoms with Gasteiger partial charge in [-0.1, -0.05) is 46.9 Å². The largest absolute Gasteiger partial charge is 0.400 e. The molecule has 0 aromatic rings. The van der Waals surface area contributed by atoms with E-state index in [-0.39, 0.29) is 23.0 Å². The number of hydrogen-bond donors (Lipinski definition) is 1. The molecule has 6 heteroatoms. The average molecular weight is 450 g/mol. The van der Waals surface area contributed by atoms with Gasteiger partial charge in [-0.3, -0.25) is 4.79 Å². The zero-order valence-electron chi connectivity index (χ0n) is 20.0. The Morgan fingerprint density at radius 2 is 1.77 bits per heavy atom. The van der Waals surface area contributed by atoms with Gasteiger partial charge in [0.2, 0.25) is 5.91 Å². The molecular formula is C24H43NO3Si2. The summed E-state index contributed by atoms with van der Waals surface area (Å²) in [5.74, 6) is 3.04. The van der Waals surface area contributed by atoms with Gasteiger partial charge in [-0.15, -0.1) is 0 Å². The molecule has 4 rings (SSSR count). The zero-order chi connectivity index (χ0) is 21.7. The van der Waals surface area contributed by atoms with Crippen LogP contribution in [-0.2, 0) is 13.6 Å². The summed E-state index contributed by atoms with van der Waals surface area (Å²) in [7, 11) is -0.989. The summed E-state index contributed by atoms with van der Waals surface area (Å²) in [6, 6.07) is 0.324. The van der Waals surface area contributed by atoms with E-state index in [1.165, 1.54) is 32.1 Å². The summed E-state index contributed by atoms with van der Waals surface area (Å²) in [6.45, 7) is 14.3. The Kier molecular flexibility index (Phi) is 6.19. The maximum Gasteiger partial charge on any atom is 0.243 e. The highest BCUT2D eigenvalue weighted by molar-refractivity contribution is 6.26. The summed E-state index contributed by atoms with van der Waals surface area (Å²) < 4.78 is 12.6. The minimum atomic E-state index is -0.495. The van der Waals surface area contributed by atoms with Crippen LogP contribution in [0.4, 0.5) is 0 Å². The minimum Gasteiger partial charge on any atom is -0.400 e. The summed E-state index contributed by atoms with van der Waals surface area (Å²) in [6.07, 6.45) is 11.7. The molecule has 3 saturated carbocycles. The van der Waals surface area contributed by atoms with E-state index in [0.717, 1.165) is 18.3 Å². The predicted octanol–water partition coefficient (Wildman–Crippen LogP) is 3.55. The van der Waals surface area contributed by atoms with Crippen molar-refractivity contribution >= 4 is 25.4 Å². The highest BCUT2D eigenvalue weighted by Crippen LogP contribution is 2.68. The lowest BCUT2D eigenvalue weighted by molar-refractivity contribution is -0.147. The first-order chi connectivity index (χ1) is 14.2. The summed E-state index contributed by atoms with van der Waals surface area (Å²) in [5.41, 5.74) is 0.579. The molecule has 0 bridgehead atoms. The molecule has 4 aliphatic rings. The van der Waals surface area contributed by atoms with E-state index in [1.54, 1.807) is 6.08 Å². The van der Waals surface area contributed by atoms with Crippen molar-refractivity contribution in [1.29, 1.82) is 0 Å². The molecule has 30 heavy (non-hydrogen) atoms. The fourth-order valence-electron chi connectivity index (χ4n) is 8.50. The van der Waals surface area contributed by atoms with Crippen molar-refractivity contribution in [3.63, 3.8) is 0 Å². The van der Waals surface area contributed by atoms with Crippen LogP contribution in [0.2, 0.25) is 13.1 Å². The standard InChI is InChI=1S/C24H43NO3Si2/c1-22(2,21(27-29-5)28-30-6)18-9-8-16-15-7-10-19-24(4,14-12-20(26)25-19)17(15)11-13-23(16,18)3/h12,14-19,21H,7-11,13,29-30H2,1-6H3,(H,25,26)/t15-,16-,17+,18?,19?,23-,24+/m0/s1. The van der Waals surface area contributed by atoms with Gasteiger partial charge in [0, 0.05) is 16.9 Å². The molecule has 3 aliphatic carbocycles. The molecule has 0 spiro atoms. The molecule has 7 atom stereocenters. The van der Waals surface area contributed by atoms with Crippen LogP contribution in [0.5, 0.6) is 0 Å². The van der Waals surface area contributed by atoms with Crippen molar-refractivity contribution < 1.29 is 13.6 Å². The van der Waals surface area contributed by atoms with Gasteiger partial charge in [0.05, 0.1) is 0 Å². The van der Waals surface area contributed by atoms with Gasteiger partial charge in [-0.2, -0.15) is 0 Å². The molecular weight excluding hydrogens is 406 g/mol. The Morgan fingerprint density at radius 1 is 1.07 bits per heavy atom. The lowest BCUT2D eigenvalue weighted by Gasteiger charge is -2.60. The summed E-state index contributed by atoms with van der Waals surface area (Å²) in [5, 5.41) is 3.29. The lowest BCUT2D eigenvalue weighted by Crippen LogP contribution is -2.60. The van der Waals surface area contributed by atoms with Gasteiger partial charge in [-0.05, 0) is 73.7 Å². The topological polar surface area (TPSA) is 47.6 Å². The third-order valence-corrected chi connectivity index (χ3v) is 11.1. The van der Waals surface area contributed by atoms with E-state index in [4.69, 9.17) is 8.85 Å². The van der Waals surface area contributed by atoms with Crippen LogP contribution in [0.25, 0.3) is 0 Å². The van der Waals surface area contributed by atoms with E-state index in [2.05, 4.69) is 52.2 Å². The number of rotatable bonds is 6. The maximum absolute atomic E-state index is 12.0. The third-order valence-electron chi connectivity index (χ3n) is 9.83. The van der Waals surface area contributed by atoms with Crippen LogP contribution in [0.15, 0.2) is 12.2 Å². The number of fused-ring (bicyclic) bond motifs is 5. The Morgan fingerprint density at radius 3 is 2.43 bits per heavy atom. The van der Waals surface area contributed by atoms with Crippen molar-refractivity contribution in [3.05, 3.63) is 12.2 Å². The first-order valence-electron chi connectivity index (χ1n) is 12.4. The van der Waals surface area contributed by atoms with Crippen molar-refractivity contribution in [2.75, 3.05) is 0 Å². The van der Waals surface area contributed by atoms with Crippen LogP contribution in [0.3, 0.4) is 0 Å². The molecule has 1 N–H and O–H groups in total. The number of carbonyl (C=O) groups excluding carboxylic acids is 1. The molecule has 0 radical (unpaired) electrons. The average Bonchev–Trinajstić information content (AvgIpc) is 3.06. The number of amides is 1. The van der Waals surface area contributed by atoms with Gasteiger partial charge < -0.3 is 14.2 Å². The van der Waals surface area contributed by atoms with Crippen LogP contribution in [0.1, 0.15) is 66.2 Å². The molecule has 4 nitrogen and oxygen atoms in total.